The monoisotopic (exact) mass is 381 g/mol. The van der Waals surface area contributed by atoms with E-state index in [1.165, 1.54) is 0 Å². The summed E-state index contributed by atoms with van der Waals surface area (Å²) in [5, 5.41) is 8.07. The van der Waals surface area contributed by atoms with Crippen LogP contribution in [-0.2, 0) is 4.74 Å². The number of aliphatic imine (C=N–C) groups is 1. The van der Waals surface area contributed by atoms with Gasteiger partial charge < -0.3 is 15.0 Å². The number of alkyl halides is 1. The summed E-state index contributed by atoms with van der Waals surface area (Å²) < 4.78 is 7.00. The van der Waals surface area contributed by atoms with Gasteiger partial charge in [0.25, 0.3) is 0 Å². The maximum Gasteiger partial charge on any atom is 0.197 e. The summed E-state index contributed by atoms with van der Waals surface area (Å²) in [6.45, 7) is 0.444. The molecule has 1 unspecified atom stereocenters. The molecule has 1 aromatic carbocycles. The van der Waals surface area contributed by atoms with Crippen molar-refractivity contribution in [1.82, 2.24) is 14.5 Å². The lowest BCUT2D eigenvalue weighted by Crippen LogP contribution is -2.26. The SMILES string of the molecule is COCNc1cccc(-c2nn3ccccc3c2C2=CC=NC(Cl)N2C)c1. The van der Waals surface area contributed by atoms with Gasteiger partial charge in [-0.2, -0.15) is 5.10 Å². The lowest BCUT2D eigenvalue weighted by molar-refractivity contribution is 0.221. The van der Waals surface area contributed by atoms with Gasteiger partial charge in [0.05, 0.1) is 16.8 Å². The fraction of sp³-hybridized carbons (Fsp3) is 0.200. The van der Waals surface area contributed by atoms with E-state index in [0.717, 1.165) is 33.7 Å². The number of aromatic nitrogens is 2. The Balaban J connectivity index is 1.89. The molecule has 0 saturated carbocycles. The maximum absolute atomic E-state index is 6.35. The smallest absolute Gasteiger partial charge is 0.197 e. The number of fused-ring (bicyclic) bond motifs is 1. The number of anilines is 1. The molecule has 0 amide bonds. The second-order valence-corrected chi connectivity index (χ2v) is 6.61. The summed E-state index contributed by atoms with van der Waals surface area (Å²) in [6, 6.07) is 14.2. The lowest BCUT2D eigenvalue weighted by Gasteiger charge is -2.27. The van der Waals surface area contributed by atoms with Crippen LogP contribution in [0.4, 0.5) is 5.69 Å². The molecular formula is C20H20ClN5O. The van der Waals surface area contributed by atoms with Gasteiger partial charge in [-0.1, -0.05) is 29.8 Å². The summed E-state index contributed by atoms with van der Waals surface area (Å²) >= 11 is 6.35. The summed E-state index contributed by atoms with van der Waals surface area (Å²) in [5.41, 5.74) is 5.46. The average Bonchev–Trinajstić information content (AvgIpc) is 3.08. The van der Waals surface area contributed by atoms with Crippen molar-refractivity contribution in [2.24, 2.45) is 4.99 Å². The molecule has 1 aliphatic heterocycles. The van der Waals surface area contributed by atoms with Crippen molar-refractivity contribution in [2.45, 2.75) is 5.62 Å². The highest BCUT2D eigenvalue weighted by atomic mass is 35.5. The first-order valence-corrected chi connectivity index (χ1v) is 9.04. The van der Waals surface area contributed by atoms with Crippen LogP contribution in [0.5, 0.6) is 0 Å². The molecule has 1 atom stereocenters. The van der Waals surface area contributed by atoms with Crippen LogP contribution in [0, 0.1) is 0 Å². The predicted octanol–water partition coefficient (Wildman–Crippen LogP) is 3.90. The summed E-state index contributed by atoms with van der Waals surface area (Å²) in [4.78, 5) is 6.19. The number of pyridine rings is 1. The molecule has 0 bridgehead atoms. The molecule has 3 aromatic rings. The number of hydrogen-bond acceptors (Lipinski definition) is 5. The highest BCUT2D eigenvalue weighted by molar-refractivity contribution is 6.21. The van der Waals surface area contributed by atoms with E-state index in [9.17, 15) is 0 Å². The Hall–Kier alpha value is -2.83. The second kappa shape index (κ2) is 7.42. The Morgan fingerprint density at radius 1 is 1.22 bits per heavy atom. The Morgan fingerprint density at radius 3 is 2.96 bits per heavy atom. The fourth-order valence-electron chi connectivity index (χ4n) is 3.16. The largest absolute Gasteiger partial charge is 0.365 e. The van der Waals surface area contributed by atoms with Crippen LogP contribution < -0.4 is 5.32 Å². The van der Waals surface area contributed by atoms with Gasteiger partial charge in [-0.05, 0) is 30.3 Å². The first-order valence-electron chi connectivity index (χ1n) is 8.60. The van der Waals surface area contributed by atoms with Crippen molar-refractivity contribution in [2.75, 3.05) is 26.2 Å². The summed E-state index contributed by atoms with van der Waals surface area (Å²) in [6.07, 6.45) is 5.67. The topological polar surface area (TPSA) is 54.2 Å². The number of ether oxygens (including phenoxy) is 1. The third-order valence-electron chi connectivity index (χ3n) is 4.49. The van der Waals surface area contributed by atoms with Gasteiger partial charge in [-0.3, -0.25) is 4.99 Å². The quantitative estimate of drug-likeness (QED) is 0.414. The third kappa shape index (κ3) is 3.29. The molecule has 4 rings (SSSR count). The first-order chi connectivity index (χ1) is 13.2. The van der Waals surface area contributed by atoms with E-state index in [1.54, 1.807) is 13.3 Å². The van der Waals surface area contributed by atoms with Gasteiger partial charge in [0.2, 0.25) is 0 Å². The molecule has 138 valence electrons. The van der Waals surface area contributed by atoms with E-state index in [-0.39, 0.29) is 0 Å². The van der Waals surface area contributed by atoms with E-state index in [4.69, 9.17) is 21.4 Å². The van der Waals surface area contributed by atoms with E-state index in [0.29, 0.717) is 6.73 Å². The van der Waals surface area contributed by atoms with E-state index in [2.05, 4.69) is 28.5 Å². The number of hydrogen-bond donors (Lipinski definition) is 1. The van der Waals surface area contributed by atoms with Crippen LogP contribution in [0.25, 0.3) is 22.5 Å². The van der Waals surface area contributed by atoms with Crippen LogP contribution in [0.1, 0.15) is 5.56 Å². The van der Waals surface area contributed by atoms with Crippen molar-refractivity contribution in [3.8, 4) is 11.3 Å². The number of nitrogens with zero attached hydrogens (tertiary/aromatic N) is 4. The van der Waals surface area contributed by atoms with E-state index < -0.39 is 5.62 Å². The van der Waals surface area contributed by atoms with Crippen LogP contribution in [0.2, 0.25) is 0 Å². The Bertz CT molecular complexity index is 1030. The van der Waals surface area contributed by atoms with Crippen molar-refractivity contribution in [3.63, 3.8) is 0 Å². The molecule has 0 saturated heterocycles. The summed E-state index contributed by atoms with van der Waals surface area (Å²) in [7, 11) is 3.60. The molecule has 3 heterocycles. The molecule has 2 aromatic heterocycles. The minimum Gasteiger partial charge on any atom is -0.365 e. The number of benzene rings is 1. The first kappa shape index (κ1) is 17.6. The number of rotatable bonds is 5. The Kier molecular flexibility index (Phi) is 4.83. The lowest BCUT2D eigenvalue weighted by atomic mass is 10.0. The van der Waals surface area contributed by atoms with Crippen molar-refractivity contribution < 1.29 is 4.74 Å². The fourth-order valence-corrected chi connectivity index (χ4v) is 3.33. The predicted molar refractivity (Wildman–Crippen MR) is 110 cm³/mol. The molecule has 0 fully saturated rings. The normalized spacial score (nSPS) is 16.6. The molecule has 6 nitrogen and oxygen atoms in total. The van der Waals surface area contributed by atoms with Crippen molar-refractivity contribution in [1.29, 1.82) is 0 Å². The Labute approximate surface area is 162 Å². The van der Waals surface area contributed by atoms with Gasteiger partial charge in [0.15, 0.2) is 5.62 Å². The van der Waals surface area contributed by atoms with Crippen molar-refractivity contribution >= 4 is 34.7 Å². The Morgan fingerprint density at radius 2 is 2.11 bits per heavy atom. The summed E-state index contributed by atoms with van der Waals surface area (Å²) in [5.74, 6) is 0. The molecule has 0 spiro atoms. The maximum atomic E-state index is 6.35. The zero-order valence-corrected chi connectivity index (χ0v) is 15.9. The highest BCUT2D eigenvalue weighted by Crippen LogP contribution is 2.36. The van der Waals surface area contributed by atoms with E-state index in [1.807, 2.05) is 53.0 Å². The van der Waals surface area contributed by atoms with Crippen LogP contribution in [0.15, 0.2) is 59.7 Å². The minimum absolute atomic E-state index is 0.439. The van der Waals surface area contributed by atoms with Crippen LogP contribution >= 0.6 is 11.6 Å². The molecule has 1 aliphatic rings. The molecule has 0 aliphatic carbocycles. The highest BCUT2D eigenvalue weighted by Gasteiger charge is 2.24. The van der Waals surface area contributed by atoms with Gasteiger partial charge in [0, 0.05) is 37.8 Å². The third-order valence-corrected chi connectivity index (χ3v) is 4.90. The molecule has 0 radical (unpaired) electrons. The van der Waals surface area contributed by atoms with Gasteiger partial charge in [0.1, 0.15) is 12.4 Å². The number of methoxy groups -OCH3 is 1. The zero-order chi connectivity index (χ0) is 18.8. The number of nitrogens with one attached hydrogen (secondary N) is 1. The van der Waals surface area contributed by atoms with Gasteiger partial charge in [-0.25, -0.2) is 4.52 Å². The van der Waals surface area contributed by atoms with Gasteiger partial charge >= 0.3 is 0 Å². The standard InChI is InChI=1S/C20H20ClN5O/c1-25-16(9-10-22-20(25)21)18-17-8-3-4-11-26(17)24-19(18)14-6-5-7-15(12-14)23-13-27-2/h3-12,20,23H,13H2,1-2H3. The van der Waals surface area contributed by atoms with Crippen molar-refractivity contribution in [3.05, 3.63) is 60.3 Å². The number of allylic oxidation sites excluding steroid dienone is 1. The second-order valence-electron chi connectivity index (χ2n) is 6.22. The number of halogens is 1. The van der Waals surface area contributed by atoms with Crippen LogP contribution in [0.3, 0.4) is 0 Å². The molecule has 7 heteroatoms. The van der Waals surface area contributed by atoms with Crippen LogP contribution in [-0.4, -0.2) is 47.2 Å². The zero-order valence-electron chi connectivity index (χ0n) is 15.1. The molecular weight excluding hydrogens is 362 g/mol. The molecule has 1 N–H and O–H groups in total. The van der Waals surface area contributed by atoms with Gasteiger partial charge in [-0.15, -0.1) is 0 Å². The average molecular weight is 382 g/mol. The van der Waals surface area contributed by atoms with E-state index >= 15 is 0 Å². The minimum atomic E-state index is -0.439. The molecule has 27 heavy (non-hydrogen) atoms.